The lowest BCUT2D eigenvalue weighted by molar-refractivity contribution is 0.0995. The SMILES string of the molecule is CC[C@@H](c1nnc(S[C@H](C)C(=O)c2c[nH]c3ccccc23)n1Cc1ccccc1)N(C)C. The summed E-state index contributed by atoms with van der Waals surface area (Å²) < 4.78 is 2.16. The third-order valence-electron chi connectivity index (χ3n) is 5.74. The van der Waals surface area contributed by atoms with Crippen molar-refractivity contribution in [2.45, 2.75) is 43.3 Å². The van der Waals surface area contributed by atoms with E-state index in [1.807, 2.05) is 55.6 Å². The van der Waals surface area contributed by atoms with Crippen LogP contribution in [0.4, 0.5) is 0 Å². The molecule has 0 spiro atoms. The van der Waals surface area contributed by atoms with Crippen molar-refractivity contribution < 1.29 is 4.79 Å². The first-order valence-corrected chi connectivity index (χ1v) is 11.8. The Labute approximate surface area is 193 Å². The van der Waals surface area contributed by atoms with Gasteiger partial charge in [0.1, 0.15) is 0 Å². The van der Waals surface area contributed by atoms with E-state index < -0.39 is 0 Å². The van der Waals surface area contributed by atoms with Crippen LogP contribution < -0.4 is 0 Å². The summed E-state index contributed by atoms with van der Waals surface area (Å²) in [5.74, 6) is 1.01. The Balaban J connectivity index is 1.65. The molecule has 4 aromatic rings. The largest absolute Gasteiger partial charge is 0.360 e. The molecule has 0 aliphatic rings. The number of aromatic amines is 1. The summed E-state index contributed by atoms with van der Waals surface area (Å²) in [6, 6.07) is 18.4. The molecular formula is C25H29N5OS. The van der Waals surface area contributed by atoms with Gasteiger partial charge in [-0.15, -0.1) is 10.2 Å². The number of para-hydroxylation sites is 1. The Morgan fingerprint density at radius 1 is 1.09 bits per heavy atom. The van der Waals surface area contributed by atoms with Gasteiger partial charge in [0.15, 0.2) is 16.8 Å². The molecule has 0 amide bonds. The normalized spacial score (nSPS) is 13.5. The molecular weight excluding hydrogens is 418 g/mol. The average molecular weight is 448 g/mol. The first kappa shape index (κ1) is 22.3. The van der Waals surface area contributed by atoms with Gasteiger partial charge in [0.2, 0.25) is 0 Å². The Morgan fingerprint density at radius 3 is 2.53 bits per heavy atom. The number of fused-ring (bicyclic) bond motifs is 1. The van der Waals surface area contributed by atoms with E-state index in [-0.39, 0.29) is 17.1 Å². The number of rotatable bonds is 9. The number of ketones is 1. The highest BCUT2D eigenvalue weighted by atomic mass is 32.2. The summed E-state index contributed by atoms with van der Waals surface area (Å²) in [5, 5.41) is 10.5. The predicted octanol–water partition coefficient (Wildman–Crippen LogP) is 5.18. The first-order valence-electron chi connectivity index (χ1n) is 10.9. The minimum atomic E-state index is -0.291. The summed E-state index contributed by atoms with van der Waals surface area (Å²) in [7, 11) is 4.12. The standard InChI is InChI=1S/C25H29N5OS/c1-5-22(29(3)4)24-27-28-25(30(24)16-18-11-7-6-8-12-18)32-17(2)23(31)20-15-26-21-14-10-9-13-19(20)21/h6-15,17,22,26H,5,16H2,1-4H3/t17-,22+/m1/s1. The summed E-state index contributed by atoms with van der Waals surface area (Å²) in [5.41, 5.74) is 2.87. The van der Waals surface area contributed by atoms with Gasteiger partial charge in [-0.1, -0.05) is 67.2 Å². The van der Waals surface area contributed by atoms with Gasteiger partial charge in [-0.05, 0) is 39.1 Å². The lowest BCUT2D eigenvalue weighted by Gasteiger charge is -2.23. The lowest BCUT2D eigenvalue weighted by Crippen LogP contribution is -2.23. The molecule has 0 radical (unpaired) electrons. The van der Waals surface area contributed by atoms with Crippen LogP contribution in [0.15, 0.2) is 66.0 Å². The first-order chi connectivity index (χ1) is 15.5. The van der Waals surface area contributed by atoms with Crippen molar-refractivity contribution in [3.8, 4) is 0 Å². The number of nitrogens with zero attached hydrogens (tertiary/aromatic N) is 4. The van der Waals surface area contributed by atoms with Gasteiger partial charge in [-0.25, -0.2) is 0 Å². The van der Waals surface area contributed by atoms with Gasteiger partial charge in [0.25, 0.3) is 0 Å². The van der Waals surface area contributed by atoms with Crippen LogP contribution in [-0.4, -0.2) is 49.8 Å². The molecule has 1 N–H and O–H groups in total. The van der Waals surface area contributed by atoms with Gasteiger partial charge in [-0.2, -0.15) is 0 Å². The van der Waals surface area contributed by atoms with Crippen LogP contribution in [0.5, 0.6) is 0 Å². The molecule has 0 fully saturated rings. The third-order valence-corrected chi connectivity index (χ3v) is 6.82. The number of carbonyl (C=O) groups is 1. The number of nitrogens with one attached hydrogen (secondary N) is 1. The number of hydrogen-bond acceptors (Lipinski definition) is 5. The van der Waals surface area contributed by atoms with Gasteiger partial charge in [0.05, 0.1) is 17.8 Å². The van der Waals surface area contributed by atoms with Gasteiger partial charge >= 0.3 is 0 Å². The fraction of sp³-hybridized carbons (Fsp3) is 0.320. The lowest BCUT2D eigenvalue weighted by atomic mass is 10.1. The number of carbonyl (C=O) groups excluding carboxylic acids is 1. The summed E-state index contributed by atoms with van der Waals surface area (Å²) in [4.78, 5) is 18.7. The second-order valence-corrected chi connectivity index (χ2v) is 9.48. The molecule has 2 atom stereocenters. The Hall–Kier alpha value is -2.90. The molecule has 2 aromatic heterocycles. The van der Waals surface area contributed by atoms with Gasteiger partial charge < -0.3 is 9.55 Å². The number of hydrogen-bond donors (Lipinski definition) is 1. The van der Waals surface area contributed by atoms with Crippen molar-refractivity contribution in [1.29, 1.82) is 0 Å². The van der Waals surface area contributed by atoms with Crippen molar-refractivity contribution in [2.24, 2.45) is 0 Å². The minimum Gasteiger partial charge on any atom is -0.360 e. The van der Waals surface area contributed by atoms with Gasteiger partial charge in [-0.3, -0.25) is 9.69 Å². The van der Waals surface area contributed by atoms with Crippen LogP contribution in [0.3, 0.4) is 0 Å². The fourth-order valence-corrected chi connectivity index (χ4v) is 4.96. The molecule has 0 saturated carbocycles. The zero-order valence-electron chi connectivity index (χ0n) is 18.9. The van der Waals surface area contributed by atoms with E-state index >= 15 is 0 Å². The topological polar surface area (TPSA) is 66.8 Å². The summed E-state index contributed by atoms with van der Waals surface area (Å²) in [6.45, 7) is 4.77. The van der Waals surface area contributed by atoms with E-state index in [1.165, 1.54) is 17.3 Å². The maximum absolute atomic E-state index is 13.3. The molecule has 2 heterocycles. The smallest absolute Gasteiger partial charge is 0.192 e. The number of Topliss-reactive ketones (excluding diaryl/α,β-unsaturated/α-hetero) is 1. The maximum atomic E-state index is 13.3. The van der Waals surface area contributed by atoms with Crippen LogP contribution >= 0.6 is 11.8 Å². The predicted molar refractivity (Wildman–Crippen MR) is 130 cm³/mol. The monoisotopic (exact) mass is 447 g/mol. The quantitative estimate of drug-likeness (QED) is 0.283. The van der Waals surface area contributed by atoms with Crippen LogP contribution in [0.2, 0.25) is 0 Å². The maximum Gasteiger partial charge on any atom is 0.192 e. The number of H-pyrrole nitrogens is 1. The molecule has 7 heteroatoms. The molecule has 2 aromatic carbocycles. The van der Waals surface area contributed by atoms with Crippen molar-refractivity contribution in [3.63, 3.8) is 0 Å². The molecule has 32 heavy (non-hydrogen) atoms. The average Bonchev–Trinajstić information content (AvgIpc) is 3.39. The number of thioether (sulfide) groups is 1. The van der Waals surface area contributed by atoms with Crippen molar-refractivity contribution in [3.05, 3.63) is 77.7 Å². The fourth-order valence-electron chi connectivity index (χ4n) is 4.03. The molecule has 0 aliphatic carbocycles. The van der Waals surface area contributed by atoms with Crippen LogP contribution in [0.25, 0.3) is 10.9 Å². The van der Waals surface area contributed by atoms with E-state index in [0.717, 1.165) is 33.9 Å². The van der Waals surface area contributed by atoms with E-state index in [4.69, 9.17) is 0 Å². The molecule has 0 bridgehead atoms. The van der Waals surface area contributed by atoms with Crippen LogP contribution in [-0.2, 0) is 6.54 Å². The highest BCUT2D eigenvalue weighted by Crippen LogP contribution is 2.31. The van der Waals surface area contributed by atoms with Crippen LogP contribution in [0, 0.1) is 0 Å². The van der Waals surface area contributed by atoms with E-state index in [1.54, 1.807) is 0 Å². The van der Waals surface area contributed by atoms with Crippen molar-refractivity contribution >= 4 is 28.4 Å². The number of benzene rings is 2. The summed E-state index contributed by atoms with van der Waals surface area (Å²) >= 11 is 1.47. The second-order valence-electron chi connectivity index (χ2n) is 8.17. The molecule has 166 valence electrons. The van der Waals surface area contributed by atoms with Crippen molar-refractivity contribution in [2.75, 3.05) is 14.1 Å². The number of aromatic nitrogens is 4. The molecule has 4 rings (SSSR count). The second kappa shape index (κ2) is 9.71. The van der Waals surface area contributed by atoms with Crippen LogP contribution in [0.1, 0.15) is 48.1 Å². The van der Waals surface area contributed by atoms with E-state index in [0.29, 0.717) is 6.54 Å². The van der Waals surface area contributed by atoms with Crippen molar-refractivity contribution in [1.82, 2.24) is 24.6 Å². The zero-order valence-corrected chi connectivity index (χ0v) is 19.8. The highest BCUT2D eigenvalue weighted by Gasteiger charge is 2.26. The molecule has 0 saturated heterocycles. The third kappa shape index (κ3) is 4.49. The molecule has 6 nitrogen and oxygen atoms in total. The van der Waals surface area contributed by atoms with E-state index in [2.05, 4.69) is 57.8 Å². The Morgan fingerprint density at radius 2 is 1.81 bits per heavy atom. The van der Waals surface area contributed by atoms with Gasteiger partial charge in [0, 0.05) is 22.7 Å². The highest BCUT2D eigenvalue weighted by molar-refractivity contribution is 8.00. The molecule has 0 aliphatic heterocycles. The summed E-state index contributed by atoms with van der Waals surface area (Å²) in [6.07, 6.45) is 2.73. The Bertz CT molecular complexity index is 1200. The minimum absolute atomic E-state index is 0.0860. The van der Waals surface area contributed by atoms with E-state index in [9.17, 15) is 4.79 Å². The Kier molecular flexibility index (Phi) is 6.77. The molecule has 0 unspecified atom stereocenters. The zero-order chi connectivity index (χ0) is 22.7.